The largest absolute Gasteiger partial charge is 0.495 e. The Labute approximate surface area is 229 Å². The first-order chi connectivity index (χ1) is 19.0. The van der Waals surface area contributed by atoms with Crippen LogP contribution in [0.4, 0.5) is 17.2 Å². The summed E-state index contributed by atoms with van der Waals surface area (Å²) in [6.07, 6.45) is 2.44. The van der Waals surface area contributed by atoms with E-state index in [9.17, 15) is 8.42 Å². The van der Waals surface area contributed by atoms with Crippen molar-refractivity contribution < 1.29 is 17.9 Å². The third-order valence-electron chi connectivity index (χ3n) is 6.73. The SMILES string of the molecule is COc1cc2c(Nc3ccc(OCc4ccccc4)cc3)ncnc2cc1NCCCN1CCS(=O)(=O)CC1. The monoisotopic (exact) mass is 547 g/mol. The molecule has 1 fully saturated rings. The van der Waals surface area contributed by atoms with Crippen molar-refractivity contribution in [1.29, 1.82) is 0 Å². The minimum atomic E-state index is -2.85. The molecule has 0 radical (unpaired) electrons. The van der Waals surface area contributed by atoms with Crippen LogP contribution in [0, 0.1) is 0 Å². The zero-order valence-electron chi connectivity index (χ0n) is 22.0. The van der Waals surface area contributed by atoms with Gasteiger partial charge in [-0.15, -0.1) is 0 Å². The fourth-order valence-corrected chi connectivity index (χ4v) is 5.78. The first kappa shape index (κ1) is 26.7. The summed E-state index contributed by atoms with van der Waals surface area (Å²) in [6, 6.07) is 21.7. The van der Waals surface area contributed by atoms with Gasteiger partial charge in [-0.1, -0.05) is 30.3 Å². The molecule has 2 heterocycles. The van der Waals surface area contributed by atoms with Crippen molar-refractivity contribution in [3.05, 3.63) is 78.6 Å². The van der Waals surface area contributed by atoms with E-state index in [2.05, 4.69) is 25.5 Å². The average molecular weight is 548 g/mol. The van der Waals surface area contributed by atoms with E-state index < -0.39 is 9.84 Å². The standard InChI is InChI=1S/C29H33N5O4S/c1-37-28-18-25-26(19-27(28)30-12-5-13-34-14-16-39(35,36)17-15-34)31-21-32-29(25)33-23-8-10-24(11-9-23)38-20-22-6-3-2-4-7-22/h2-4,6-11,18-19,21,30H,5,12-17,20H2,1H3,(H,31,32,33). The van der Waals surface area contributed by atoms with Gasteiger partial charge in [0.25, 0.3) is 0 Å². The Balaban J connectivity index is 1.20. The van der Waals surface area contributed by atoms with Crippen LogP contribution in [0.3, 0.4) is 0 Å². The molecule has 3 aromatic carbocycles. The van der Waals surface area contributed by atoms with Crippen LogP contribution in [0.5, 0.6) is 11.5 Å². The van der Waals surface area contributed by atoms with Gasteiger partial charge < -0.3 is 25.0 Å². The molecule has 1 aromatic heterocycles. The number of hydrogen-bond acceptors (Lipinski definition) is 9. The number of fused-ring (bicyclic) bond motifs is 1. The molecule has 0 saturated carbocycles. The first-order valence-electron chi connectivity index (χ1n) is 13.0. The summed E-state index contributed by atoms with van der Waals surface area (Å²) in [7, 11) is -1.21. The van der Waals surface area contributed by atoms with Crippen LogP contribution in [0.2, 0.25) is 0 Å². The predicted molar refractivity (Wildman–Crippen MR) is 155 cm³/mol. The average Bonchev–Trinajstić information content (AvgIpc) is 2.96. The highest BCUT2D eigenvalue weighted by Gasteiger charge is 2.21. The molecule has 5 rings (SSSR count). The van der Waals surface area contributed by atoms with Crippen molar-refractivity contribution in [2.24, 2.45) is 0 Å². The first-order valence-corrected chi connectivity index (χ1v) is 14.8. The molecule has 0 unspecified atom stereocenters. The summed E-state index contributed by atoms with van der Waals surface area (Å²) in [6.45, 7) is 3.32. The number of benzene rings is 3. The highest BCUT2D eigenvalue weighted by Crippen LogP contribution is 2.33. The molecule has 4 aromatic rings. The molecular weight excluding hydrogens is 514 g/mol. The molecular formula is C29H33N5O4S. The fraction of sp³-hybridized carbons (Fsp3) is 0.310. The van der Waals surface area contributed by atoms with Gasteiger partial charge in [0.15, 0.2) is 9.84 Å². The van der Waals surface area contributed by atoms with Crippen LogP contribution in [-0.2, 0) is 16.4 Å². The van der Waals surface area contributed by atoms with Gasteiger partial charge in [-0.2, -0.15) is 0 Å². The van der Waals surface area contributed by atoms with Gasteiger partial charge in [-0.05, 0) is 54.9 Å². The molecule has 1 saturated heterocycles. The zero-order chi connectivity index (χ0) is 27.1. The van der Waals surface area contributed by atoms with Gasteiger partial charge in [0.2, 0.25) is 0 Å². The molecule has 2 N–H and O–H groups in total. The topological polar surface area (TPSA) is 106 Å². The summed E-state index contributed by atoms with van der Waals surface area (Å²) in [5.41, 5.74) is 3.65. The van der Waals surface area contributed by atoms with E-state index in [1.54, 1.807) is 13.4 Å². The van der Waals surface area contributed by atoms with Crippen LogP contribution in [0.25, 0.3) is 10.9 Å². The van der Waals surface area contributed by atoms with E-state index in [0.717, 1.165) is 53.1 Å². The second kappa shape index (κ2) is 12.3. The van der Waals surface area contributed by atoms with Crippen molar-refractivity contribution >= 4 is 37.9 Å². The number of ether oxygens (including phenoxy) is 2. The molecule has 0 amide bonds. The summed E-state index contributed by atoms with van der Waals surface area (Å²) in [5, 5.41) is 7.67. The van der Waals surface area contributed by atoms with E-state index in [0.29, 0.717) is 31.3 Å². The van der Waals surface area contributed by atoms with E-state index >= 15 is 0 Å². The van der Waals surface area contributed by atoms with E-state index in [1.165, 1.54) is 0 Å². The van der Waals surface area contributed by atoms with Crippen LogP contribution in [0.15, 0.2) is 73.1 Å². The van der Waals surface area contributed by atoms with Crippen molar-refractivity contribution in [1.82, 2.24) is 14.9 Å². The van der Waals surface area contributed by atoms with Gasteiger partial charge >= 0.3 is 0 Å². The molecule has 9 nitrogen and oxygen atoms in total. The Morgan fingerprint density at radius 3 is 2.49 bits per heavy atom. The maximum absolute atomic E-state index is 11.6. The quantitative estimate of drug-likeness (QED) is 0.263. The number of methoxy groups -OCH3 is 1. The van der Waals surface area contributed by atoms with Gasteiger partial charge in [0.1, 0.15) is 30.3 Å². The molecule has 1 aliphatic heterocycles. The lowest BCUT2D eigenvalue weighted by Gasteiger charge is -2.26. The Morgan fingerprint density at radius 2 is 1.74 bits per heavy atom. The highest BCUT2D eigenvalue weighted by atomic mass is 32.2. The van der Waals surface area contributed by atoms with Gasteiger partial charge in [0, 0.05) is 30.7 Å². The van der Waals surface area contributed by atoms with Crippen LogP contribution < -0.4 is 20.1 Å². The van der Waals surface area contributed by atoms with Crippen LogP contribution in [0.1, 0.15) is 12.0 Å². The summed E-state index contributed by atoms with van der Waals surface area (Å²) in [4.78, 5) is 11.1. The number of hydrogen-bond donors (Lipinski definition) is 2. The third-order valence-corrected chi connectivity index (χ3v) is 8.33. The number of rotatable bonds is 11. The second-order valence-corrected chi connectivity index (χ2v) is 11.8. The Bertz CT molecular complexity index is 1480. The number of anilines is 3. The molecule has 0 spiro atoms. The van der Waals surface area contributed by atoms with E-state index in [4.69, 9.17) is 9.47 Å². The molecule has 204 valence electrons. The van der Waals surface area contributed by atoms with Crippen LogP contribution in [-0.4, -0.2) is 68.1 Å². The molecule has 39 heavy (non-hydrogen) atoms. The smallest absolute Gasteiger partial charge is 0.152 e. The molecule has 0 atom stereocenters. The Kier molecular flexibility index (Phi) is 8.43. The predicted octanol–water partition coefficient (Wildman–Crippen LogP) is 4.49. The minimum absolute atomic E-state index is 0.251. The van der Waals surface area contributed by atoms with Crippen LogP contribution >= 0.6 is 0 Å². The van der Waals surface area contributed by atoms with E-state index in [-0.39, 0.29) is 11.5 Å². The maximum atomic E-state index is 11.6. The highest BCUT2D eigenvalue weighted by molar-refractivity contribution is 7.91. The number of aromatic nitrogens is 2. The number of nitrogens with one attached hydrogen (secondary N) is 2. The Morgan fingerprint density at radius 1 is 0.974 bits per heavy atom. The van der Waals surface area contributed by atoms with Crippen molar-refractivity contribution in [2.45, 2.75) is 13.0 Å². The van der Waals surface area contributed by atoms with Crippen molar-refractivity contribution in [2.75, 3.05) is 55.4 Å². The molecule has 10 heteroatoms. The lowest BCUT2D eigenvalue weighted by molar-refractivity contribution is 0.294. The normalized spacial score (nSPS) is 15.1. The molecule has 0 aliphatic carbocycles. The number of sulfone groups is 1. The van der Waals surface area contributed by atoms with Gasteiger partial charge in [-0.3, -0.25) is 0 Å². The van der Waals surface area contributed by atoms with Crippen molar-refractivity contribution in [3.63, 3.8) is 0 Å². The third kappa shape index (κ3) is 7.15. The number of nitrogens with zero attached hydrogens (tertiary/aromatic N) is 3. The zero-order valence-corrected chi connectivity index (χ0v) is 22.8. The van der Waals surface area contributed by atoms with Gasteiger partial charge in [-0.25, -0.2) is 18.4 Å². The lowest BCUT2D eigenvalue weighted by Crippen LogP contribution is -2.41. The second-order valence-electron chi connectivity index (χ2n) is 9.49. The summed E-state index contributed by atoms with van der Waals surface area (Å²) in [5.74, 6) is 2.68. The lowest BCUT2D eigenvalue weighted by atomic mass is 10.1. The minimum Gasteiger partial charge on any atom is -0.495 e. The molecule has 0 bridgehead atoms. The summed E-state index contributed by atoms with van der Waals surface area (Å²) >= 11 is 0. The maximum Gasteiger partial charge on any atom is 0.152 e. The summed E-state index contributed by atoms with van der Waals surface area (Å²) < 4.78 is 34.8. The fourth-order valence-electron chi connectivity index (χ4n) is 4.50. The Hall–Kier alpha value is -3.89. The molecule has 1 aliphatic rings. The van der Waals surface area contributed by atoms with Crippen molar-refractivity contribution in [3.8, 4) is 11.5 Å². The van der Waals surface area contributed by atoms with Gasteiger partial charge in [0.05, 0.1) is 29.8 Å². The van der Waals surface area contributed by atoms with E-state index in [1.807, 2.05) is 66.7 Å².